The van der Waals surface area contributed by atoms with E-state index in [0.717, 1.165) is 13.0 Å². The first-order chi connectivity index (χ1) is 6.84. The summed E-state index contributed by atoms with van der Waals surface area (Å²) in [5.74, 6) is 0. The summed E-state index contributed by atoms with van der Waals surface area (Å²) >= 11 is 0. The van der Waals surface area contributed by atoms with Crippen LogP contribution < -0.4 is 4.90 Å². The summed E-state index contributed by atoms with van der Waals surface area (Å²) in [7, 11) is 2.14. The summed E-state index contributed by atoms with van der Waals surface area (Å²) < 4.78 is 0. The van der Waals surface area contributed by atoms with Crippen LogP contribution in [0.3, 0.4) is 0 Å². The van der Waals surface area contributed by atoms with E-state index in [-0.39, 0.29) is 0 Å². The van der Waals surface area contributed by atoms with E-state index in [1.54, 1.807) is 0 Å². The minimum atomic E-state index is 1.12. The van der Waals surface area contributed by atoms with Gasteiger partial charge in [0.15, 0.2) is 0 Å². The summed E-state index contributed by atoms with van der Waals surface area (Å²) in [6.45, 7) is 4.84. The van der Waals surface area contributed by atoms with E-state index in [1.807, 2.05) is 6.08 Å². The maximum Gasteiger partial charge on any atom is 0.0363 e. The number of nitrogens with zero attached hydrogens (tertiary/aromatic N) is 1. The number of hydrogen-bond acceptors (Lipinski definition) is 1. The van der Waals surface area contributed by atoms with Crippen LogP contribution in [0, 0.1) is 0 Å². The first-order valence-corrected chi connectivity index (χ1v) is 5.21. The van der Waals surface area contributed by atoms with Crippen molar-refractivity contribution in [2.45, 2.75) is 19.3 Å². The van der Waals surface area contributed by atoms with Gasteiger partial charge in [0, 0.05) is 19.3 Å². The second kappa shape index (κ2) is 6.25. The Bertz CT molecular complexity index is 253. The SMILES string of the molecule is C=CCCCCN(C)c1ccccc1. The molecule has 0 aliphatic rings. The first kappa shape index (κ1) is 10.8. The van der Waals surface area contributed by atoms with E-state index < -0.39 is 0 Å². The molecular formula is C13H19N. The zero-order valence-corrected chi connectivity index (χ0v) is 8.95. The molecule has 1 nitrogen and oxygen atoms in total. The number of allylic oxidation sites excluding steroid dienone is 1. The number of benzene rings is 1. The van der Waals surface area contributed by atoms with Crippen molar-refractivity contribution in [3.8, 4) is 0 Å². The van der Waals surface area contributed by atoms with E-state index in [0.29, 0.717) is 0 Å². The Kier molecular flexibility index (Phi) is 4.84. The van der Waals surface area contributed by atoms with Crippen molar-refractivity contribution in [3.63, 3.8) is 0 Å². The molecule has 1 heteroatoms. The molecule has 1 rings (SSSR count). The smallest absolute Gasteiger partial charge is 0.0363 e. The molecule has 0 fully saturated rings. The number of anilines is 1. The van der Waals surface area contributed by atoms with Crippen molar-refractivity contribution in [2.24, 2.45) is 0 Å². The molecule has 0 unspecified atom stereocenters. The second-order valence-corrected chi connectivity index (χ2v) is 3.54. The van der Waals surface area contributed by atoms with Gasteiger partial charge in [0.05, 0.1) is 0 Å². The van der Waals surface area contributed by atoms with Gasteiger partial charge in [-0.3, -0.25) is 0 Å². The van der Waals surface area contributed by atoms with Gasteiger partial charge in [-0.2, -0.15) is 0 Å². The summed E-state index contributed by atoms with van der Waals surface area (Å²) in [6, 6.07) is 10.5. The molecule has 1 aromatic carbocycles. The fourth-order valence-electron chi connectivity index (χ4n) is 1.45. The average Bonchev–Trinajstić information content (AvgIpc) is 2.25. The molecule has 14 heavy (non-hydrogen) atoms. The Labute approximate surface area is 87.1 Å². The largest absolute Gasteiger partial charge is 0.375 e. The third kappa shape index (κ3) is 3.65. The molecule has 1 aromatic rings. The van der Waals surface area contributed by atoms with Crippen molar-refractivity contribution in [1.82, 2.24) is 0 Å². The number of hydrogen-bond donors (Lipinski definition) is 0. The summed E-state index contributed by atoms with van der Waals surface area (Å²) in [5.41, 5.74) is 1.30. The van der Waals surface area contributed by atoms with Crippen LogP contribution in [0.15, 0.2) is 43.0 Å². The van der Waals surface area contributed by atoms with Crippen molar-refractivity contribution >= 4 is 5.69 Å². The van der Waals surface area contributed by atoms with Gasteiger partial charge in [-0.25, -0.2) is 0 Å². The predicted molar refractivity (Wildman–Crippen MR) is 63.8 cm³/mol. The highest BCUT2D eigenvalue weighted by Gasteiger charge is 1.97. The lowest BCUT2D eigenvalue weighted by molar-refractivity contribution is 0.730. The summed E-state index contributed by atoms with van der Waals surface area (Å²) in [5, 5.41) is 0. The number of unbranched alkanes of at least 4 members (excludes halogenated alkanes) is 2. The third-order valence-corrected chi connectivity index (χ3v) is 2.35. The predicted octanol–water partition coefficient (Wildman–Crippen LogP) is 3.48. The topological polar surface area (TPSA) is 3.24 Å². The molecule has 0 spiro atoms. The van der Waals surface area contributed by atoms with Crippen LogP contribution in [0.4, 0.5) is 5.69 Å². The lowest BCUT2D eigenvalue weighted by atomic mass is 10.2. The summed E-state index contributed by atoms with van der Waals surface area (Å²) in [4.78, 5) is 2.29. The minimum absolute atomic E-state index is 1.12. The zero-order valence-electron chi connectivity index (χ0n) is 8.95. The van der Waals surface area contributed by atoms with Crippen molar-refractivity contribution in [1.29, 1.82) is 0 Å². The van der Waals surface area contributed by atoms with Gasteiger partial charge in [-0.05, 0) is 31.4 Å². The quantitative estimate of drug-likeness (QED) is 0.489. The van der Waals surface area contributed by atoms with Crippen LogP contribution in [0.1, 0.15) is 19.3 Å². The Morgan fingerprint density at radius 2 is 1.93 bits per heavy atom. The highest BCUT2D eigenvalue weighted by molar-refractivity contribution is 5.44. The van der Waals surface area contributed by atoms with Crippen LogP contribution >= 0.6 is 0 Å². The maximum absolute atomic E-state index is 3.72. The van der Waals surface area contributed by atoms with Crippen LogP contribution in [-0.2, 0) is 0 Å². The van der Waals surface area contributed by atoms with Gasteiger partial charge in [-0.15, -0.1) is 6.58 Å². The average molecular weight is 189 g/mol. The highest BCUT2D eigenvalue weighted by Crippen LogP contribution is 2.11. The number of rotatable bonds is 6. The molecule has 0 saturated heterocycles. The first-order valence-electron chi connectivity index (χ1n) is 5.21. The van der Waals surface area contributed by atoms with E-state index in [4.69, 9.17) is 0 Å². The standard InChI is InChI=1S/C13H19N/c1-3-4-5-9-12-14(2)13-10-7-6-8-11-13/h3,6-8,10-11H,1,4-5,9,12H2,2H3. The zero-order chi connectivity index (χ0) is 10.2. The molecule has 0 atom stereocenters. The van der Waals surface area contributed by atoms with Crippen molar-refractivity contribution in [3.05, 3.63) is 43.0 Å². The van der Waals surface area contributed by atoms with Gasteiger partial charge in [-0.1, -0.05) is 24.3 Å². The van der Waals surface area contributed by atoms with Crippen molar-refractivity contribution < 1.29 is 0 Å². The van der Waals surface area contributed by atoms with E-state index in [9.17, 15) is 0 Å². The van der Waals surface area contributed by atoms with E-state index in [2.05, 4.69) is 48.9 Å². The highest BCUT2D eigenvalue weighted by atomic mass is 15.1. The molecule has 0 heterocycles. The molecule has 0 bridgehead atoms. The molecule has 0 aromatic heterocycles. The van der Waals surface area contributed by atoms with Crippen LogP contribution in [0.5, 0.6) is 0 Å². The van der Waals surface area contributed by atoms with E-state index in [1.165, 1.54) is 18.5 Å². The molecule has 0 aliphatic carbocycles. The monoisotopic (exact) mass is 189 g/mol. The summed E-state index contributed by atoms with van der Waals surface area (Å²) in [6.07, 6.45) is 5.59. The molecule has 0 saturated carbocycles. The number of para-hydroxylation sites is 1. The van der Waals surface area contributed by atoms with Crippen LogP contribution in [-0.4, -0.2) is 13.6 Å². The van der Waals surface area contributed by atoms with Gasteiger partial charge in [0.25, 0.3) is 0 Å². The normalized spacial score (nSPS) is 9.79. The maximum atomic E-state index is 3.72. The Balaban J connectivity index is 2.28. The molecule has 0 amide bonds. The minimum Gasteiger partial charge on any atom is -0.375 e. The molecule has 0 radical (unpaired) electrons. The van der Waals surface area contributed by atoms with Gasteiger partial charge in [0.1, 0.15) is 0 Å². The Hall–Kier alpha value is -1.24. The lowest BCUT2D eigenvalue weighted by Gasteiger charge is -2.18. The van der Waals surface area contributed by atoms with Gasteiger partial charge >= 0.3 is 0 Å². The van der Waals surface area contributed by atoms with Crippen molar-refractivity contribution in [2.75, 3.05) is 18.5 Å². The molecule has 0 N–H and O–H groups in total. The van der Waals surface area contributed by atoms with E-state index >= 15 is 0 Å². The Morgan fingerprint density at radius 1 is 1.21 bits per heavy atom. The van der Waals surface area contributed by atoms with Gasteiger partial charge in [0.2, 0.25) is 0 Å². The third-order valence-electron chi connectivity index (χ3n) is 2.35. The molecule has 76 valence electrons. The van der Waals surface area contributed by atoms with Crippen LogP contribution in [0.25, 0.3) is 0 Å². The second-order valence-electron chi connectivity index (χ2n) is 3.54. The molecule has 0 aliphatic heterocycles. The molecular weight excluding hydrogens is 170 g/mol. The Morgan fingerprint density at radius 3 is 2.57 bits per heavy atom. The van der Waals surface area contributed by atoms with Gasteiger partial charge < -0.3 is 4.90 Å². The van der Waals surface area contributed by atoms with Crippen LogP contribution in [0.2, 0.25) is 0 Å². The lowest BCUT2D eigenvalue weighted by Crippen LogP contribution is -2.18. The fourth-order valence-corrected chi connectivity index (χ4v) is 1.45. The fraction of sp³-hybridized carbons (Fsp3) is 0.385.